The fourth-order valence-corrected chi connectivity index (χ4v) is 3.14. The van der Waals surface area contributed by atoms with E-state index in [0.717, 1.165) is 11.3 Å². The Morgan fingerprint density at radius 1 is 1.36 bits per heavy atom. The molecule has 7 heteroatoms. The number of aliphatic hydroxyl groups excluding tert-OH is 1. The van der Waals surface area contributed by atoms with E-state index >= 15 is 0 Å². The number of rotatable bonds is 4. The van der Waals surface area contributed by atoms with Crippen molar-refractivity contribution in [2.24, 2.45) is 0 Å². The van der Waals surface area contributed by atoms with Crippen molar-refractivity contribution in [2.45, 2.75) is 25.5 Å². The number of β-amino-alcohol motifs (C(OH)–C–C–N with tert-alkyl or cyclic N) is 1. The summed E-state index contributed by atoms with van der Waals surface area (Å²) >= 11 is 0. The predicted molar refractivity (Wildman–Crippen MR) is 93.7 cm³/mol. The Hall–Kier alpha value is -2.67. The highest BCUT2D eigenvalue weighted by Gasteiger charge is 2.36. The smallest absolute Gasteiger partial charge is 0.273 e. The lowest BCUT2D eigenvalue weighted by Gasteiger charge is -2.25. The highest BCUT2D eigenvalue weighted by molar-refractivity contribution is 5.93. The average Bonchev–Trinajstić information content (AvgIpc) is 3.02. The van der Waals surface area contributed by atoms with Crippen LogP contribution in [0, 0.1) is 6.92 Å². The van der Waals surface area contributed by atoms with Crippen LogP contribution in [0.5, 0.6) is 5.75 Å². The van der Waals surface area contributed by atoms with Crippen molar-refractivity contribution < 1.29 is 14.6 Å². The topological polar surface area (TPSA) is 87.6 Å². The fraction of sp³-hybridized carbons (Fsp3) is 0.389. The molecule has 25 heavy (non-hydrogen) atoms. The van der Waals surface area contributed by atoms with Gasteiger partial charge in [0, 0.05) is 19.3 Å². The number of amides is 1. The zero-order chi connectivity index (χ0) is 18.0. The standard InChI is InChI=1S/C18H22N4O3/c1-11-7-15(21-18(19-2)20-11)17(24)22-10-13(23)9-16(22)12-5-4-6-14(8-12)25-3/h4-8,13,16,23H,9-10H2,1-3H3,(H,19,20,21)/t13-,16+/m1/s1. The number of hydrogen-bond donors (Lipinski definition) is 2. The van der Waals surface area contributed by atoms with Gasteiger partial charge in [-0.25, -0.2) is 9.97 Å². The molecule has 0 radical (unpaired) electrons. The first-order valence-corrected chi connectivity index (χ1v) is 8.18. The Morgan fingerprint density at radius 3 is 2.88 bits per heavy atom. The number of hydrogen-bond acceptors (Lipinski definition) is 6. The first kappa shape index (κ1) is 17.2. The zero-order valence-electron chi connectivity index (χ0n) is 14.6. The molecule has 0 spiro atoms. The Bertz CT molecular complexity index is 781. The van der Waals surface area contributed by atoms with Gasteiger partial charge in [0.2, 0.25) is 5.95 Å². The third kappa shape index (κ3) is 3.56. The van der Waals surface area contributed by atoms with Crippen molar-refractivity contribution in [2.75, 3.05) is 26.0 Å². The van der Waals surface area contributed by atoms with Crippen molar-refractivity contribution in [3.05, 3.63) is 47.3 Å². The van der Waals surface area contributed by atoms with Gasteiger partial charge in [0.05, 0.1) is 19.3 Å². The van der Waals surface area contributed by atoms with Crippen molar-refractivity contribution in [3.63, 3.8) is 0 Å². The lowest BCUT2D eigenvalue weighted by molar-refractivity contribution is 0.0709. The highest BCUT2D eigenvalue weighted by Crippen LogP contribution is 2.34. The SMILES string of the molecule is CNc1nc(C)cc(C(=O)N2C[C@H](O)C[C@H]2c2cccc(OC)c2)n1. The zero-order valence-corrected chi connectivity index (χ0v) is 14.6. The molecule has 1 aliphatic heterocycles. The molecule has 2 atom stereocenters. The van der Waals surface area contributed by atoms with E-state index in [9.17, 15) is 9.90 Å². The van der Waals surface area contributed by atoms with E-state index in [-0.39, 0.29) is 18.5 Å². The number of anilines is 1. The molecule has 2 aromatic rings. The summed E-state index contributed by atoms with van der Waals surface area (Å²) < 4.78 is 5.27. The summed E-state index contributed by atoms with van der Waals surface area (Å²) in [5.74, 6) is 0.911. The van der Waals surface area contributed by atoms with Gasteiger partial charge in [-0.2, -0.15) is 0 Å². The molecule has 7 nitrogen and oxygen atoms in total. The number of carbonyl (C=O) groups is 1. The Balaban J connectivity index is 1.93. The molecule has 1 aromatic carbocycles. The van der Waals surface area contributed by atoms with Gasteiger partial charge in [-0.3, -0.25) is 4.79 Å². The summed E-state index contributed by atoms with van der Waals surface area (Å²) in [4.78, 5) is 23.2. The van der Waals surface area contributed by atoms with E-state index in [4.69, 9.17) is 4.74 Å². The number of aryl methyl sites for hydroxylation is 1. The molecule has 0 aliphatic carbocycles. The second-order valence-electron chi connectivity index (χ2n) is 6.11. The number of likely N-dealkylation sites (tertiary alicyclic amines) is 1. The Kier molecular flexibility index (Phi) is 4.85. The minimum absolute atomic E-state index is 0.216. The molecule has 3 rings (SSSR count). The Labute approximate surface area is 146 Å². The molecule has 0 unspecified atom stereocenters. The molecular weight excluding hydrogens is 320 g/mol. The number of aromatic nitrogens is 2. The van der Waals surface area contributed by atoms with Gasteiger partial charge in [0.1, 0.15) is 11.4 Å². The van der Waals surface area contributed by atoms with E-state index in [1.54, 1.807) is 25.1 Å². The summed E-state index contributed by atoms with van der Waals surface area (Å²) in [6, 6.07) is 9.02. The monoisotopic (exact) mass is 342 g/mol. The van der Waals surface area contributed by atoms with Gasteiger partial charge < -0.3 is 20.1 Å². The molecule has 2 heterocycles. The van der Waals surface area contributed by atoms with Crippen LogP contribution >= 0.6 is 0 Å². The van der Waals surface area contributed by atoms with Gasteiger partial charge in [-0.05, 0) is 37.1 Å². The fourth-order valence-electron chi connectivity index (χ4n) is 3.14. The molecule has 2 N–H and O–H groups in total. The summed E-state index contributed by atoms with van der Waals surface area (Å²) in [6.07, 6.45) is -0.0751. The second kappa shape index (κ2) is 7.06. The minimum Gasteiger partial charge on any atom is -0.497 e. The van der Waals surface area contributed by atoms with Crippen molar-refractivity contribution in [1.29, 1.82) is 0 Å². The minimum atomic E-state index is -0.563. The first-order chi connectivity index (χ1) is 12.0. The van der Waals surface area contributed by atoms with Crippen LogP contribution in [-0.2, 0) is 0 Å². The van der Waals surface area contributed by atoms with E-state index in [1.165, 1.54) is 0 Å². The molecule has 1 amide bonds. The van der Waals surface area contributed by atoms with Crippen LogP contribution < -0.4 is 10.1 Å². The van der Waals surface area contributed by atoms with Crippen LogP contribution in [0.25, 0.3) is 0 Å². The summed E-state index contributed by atoms with van der Waals surface area (Å²) in [5, 5.41) is 13.0. The molecule has 1 saturated heterocycles. The van der Waals surface area contributed by atoms with Crippen LogP contribution in [0.4, 0.5) is 5.95 Å². The van der Waals surface area contributed by atoms with Gasteiger partial charge in [0.25, 0.3) is 5.91 Å². The van der Waals surface area contributed by atoms with Gasteiger partial charge in [-0.15, -0.1) is 0 Å². The van der Waals surface area contributed by atoms with Crippen LogP contribution in [0.1, 0.15) is 34.2 Å². The largest absolute Gasteiger partial charge is 0.497 e. The predicted octanol–water partition coefficient (Wildman–Crippen LogP) is 1.78. The highest BCUT2D eigenvalue weighted by atomic mass is 16.5. The summed E-state index contributed by atoms with van der Waals surface area (Å²) in [7, 11) is 3.32. The number of nitrogens with zero attached hydrogens (tertiary/aromatic N) is 3. The lowest BCUT2D eigenvalue weighted by Crippen LogP contribution is -2.32. The molecule has 0 bridgehead atoms. The maximum Gasteiger partial charge on any atom is 0.273 e. The number of nitrogens with one attached hydrogen (secondary N) is 1. The van der Waals surface area contributed by atoms with Crippen LogP contribution in [0.15, 0.2) is 30.3 Å². The third-order valence-corrected chi connectivity index (χ3v) is 4.32. The van der Waals surface area contributed by atoms with E-state index in [2.05, 4.69) is 15.3 Å². The normalized spacial score (nSPS) is 19.8. The second-order valence-corrected chi connectivity index (χ2v) is 6.11. The van der Waals surface area contributed by atoms with Crippen molar-refractivity contribution in [1.82, 2.24) is 14.9 Å². The number of aliphatic hydroxyl groups is 1. The van der Waals surface area contributed by atoms with Crippen molar-refractivity contribution >= 4 is 11.9 Å². The molecular formula is C18H22N4O3. The van der Waals surface area contributed by atoms with Gasteiger partial charge in [0.15, 0.2) is 0 Å². The lowest BCUT2D eigenvalue weighted by atomic mass is 10.0. The van der Waals surface area contributed by atoms with Crippen LogP contribution in [-0.4, -0.2) is 52.7 Å². The summed E-state index contributed by atoms with van der Waals surface area (Å²) in [6.45, 7) is 2.09. The summed E-state index contributed by atoms with van der Waals surface area (Å²) in [5.41, 5.74) is 1.96. The van der Waals surface area contributed by atoms with E-state index < -0.39 is 6.10 Å². The van der Waals surface area contributed by atoms with Gasteiger partial charge >= 0.3 is 0 Å². The third-order valence-electron chi connectivity index (χ3n) is 4.32. The maximum atomic E-state index is 13.0. The van der Waals surface area contributed by atoms with Crippen LogP contribution in [0.3, 0.4) is 0 Å². The molecule has 1 fully saturated rings. The number of benzene rings is 1. The number of methoxy groups -OCH3 is 1. The molecule has 0 saturated carbocycles. The van der Waals surface area contributed by atoms with Gasteiger partial charge in [-0.1, -0.05) is 12.1 Å². The molecule has 1 aliphatic rings. The molecule has 1 aromatic heterocycles. The number of ether oxygens (including phenoxy) is 1. The van der Waals surface area contributed by atoms with Crippen molar-refractivity contribution in [3.8, 4) is 5.75 Å². The Morgan fingerprint density at radius 2 is 2.16 bits per heavy atom. The number of carbonyl (C=O) groups excluding carboxylic acids is 1. The van der Waals surface area contributed by atoms with Crippen LogP contribution in [0.2, 0.25) is 0 Å². The van der Waals surface area contributed by atoms with E-state index in [1.807, 2.05) is 31.2 Å². The molecule has 132 valence electrons. The quantitative estimate of drug-likeness (QED) is 0.881. The first-order valence-electron chi connectivity index (χ1n) is 8.18. The van der Waals surface area contributed by atoms with E-state index in [0.29, 0.717) is 23.8 Å². The average molecular weight is 342 g/mol. The maximum absolute atomic E-state index is 13.0.